The maximum atomic E-state index is 5.12. The first kappa shape index (κ1) is 12.9. The number of hydrogen-bond acceptors (Lipinski definition) is 2. The predicted molar refractivity (Wildman–Crippen MR) is 58.0 cm³/mol. The smallest absolute Gasteiger partial charge is 0.0477 e. The number of ether oxygens (including phenoxy) is 1. The van der Waals surface area contributed by atoms with Gasteiger partial charge in [0.15, 0.2) is 0 Å². The molecule has 0 aromatic carbocycles. The Bertz CT molecular complexity index is 102. The topological polar surface area (TPSA) is 21.3 Å². The number of hydrogen-bond donors (Lipinski definition) is 1. The van der Waals surface area contributed by atoms with Gasteiger partial charge in [0.25, 0.3) is 0 Å². The average molecular weight is 187 g/mol. The molecule has 1 unspecified atom stereocenters. The monoisotopic (exact) mass is 187 g/mol. The van der Waals surface area contributed by atoms with Crippen molar-refractivity contribution in [1.82, 2.24) is 5.32 Å². The molecule has 0 bridgehead atoms. The van der Waals surface area contributed by atoms with E-state index in [1.54, 1.807) is 7.11 Å². The first-order valence-electron chi connectivity index (χ1n) is 5.52. The van der Waals surface area contributed by atoms with Crippen LogP contribution in [0.5, 0.6) is 0 Å². The van der Waals surface area contributed by atoms with E-state index in [4.69, 9.17) is 4.74 Å². The Morgan fingerprint density at radius 3 is 2.15 bits per heavy atom. The third-order valence-electron chi connectivity index (χ3n) is 2.72. The van der Waals surface area contributed by atoms with Crippen LogP contribution >= 0.6 is 0 Å². The molecule has 0 aliphatic carbocycles. The molecule has 0 saturated carbocycles. The van der Waals surface area contributed by atoms with Crippen molar-refractivity contribution in [3.8, 4) is 0 Å². The molecule has 2 nitrogen and oxygen atoms in total. The van der Waals surface area contributed by atoms with E-state index < -0.39 is 0 Å². The van der Waals surface area contributed by atoms with Crippen molar-refractivity contribution in [2.24, 2.45) is 5.92 Å². The van der Waals surface area contributed by atoms with E-state index in [0.29, 0.717) is 6.04 Å². The van der Waals surface area contributed by atoms with Crippen LogP contribution in [0.25, 0.3) is 0 Å². The molecule has 2 heteroatoms. The van der Waals surface area contributed by atoms with Gasteiger partial charge in [-0.2, -0.15) is 0 Å². The number of rotatable bonds is 8. The highest BCUT2D eigenvalue weighted by atomic mass is 16.5. The van der Waals surface area contributed by atoms with Crippen molar-refractivity contribution in [3.05, 3.63) is 0 Å². The summed E-state index contributed by atoms with van der Waals surface area (Å²) in [7, 11) is 1.77. The molecule has 0 amide bonds. The molecule has 0 rings (SSSR count). The highest BCUT2D eigenvalue weighted by Crippen LogP contribution is 2.15. The van der Waals surface area contributed by atoms with Gasteiger partial charge in [0.1, 0.15) is 0 Å². The molecular formula is C11H25NO. The Morgan fingerprint density at radius 2 is 1.77 bits per heavy atom. The van der Waals surface area contributed by atoms with Crippen molar-refractivity contribution in [1.29, 1.82) is 0 Å². The molecule has 0 aliphatic rings. The van der Waals surface area contributed by atoms with E-state index in [0.717, 1.165) is 25.5 Å². The summed E-state index contributed by atoms with van der Waals surface area (Å²) >= 11 is 0. The summed E-state index contributed by atoms with van der Waals surface area (Å²) in [5.41, 5.74) is 0. The second kappa shape index (κ2) is 8.52. The second-order valence-corrected chi connectivity index (χ2v) is 3.52. The molecular weight excluding hydrogens is 162 g/mol. The molecule has 0 radical (unpaired) electrons. The van der Waals surface area contributed by atoms with Crippen LogP contribution in [0.4, 0.5) is 0 Å². The fourth-order valence-electron chi connectivity index (χ4n) is 1.87. The Hall–Kier alpha value is -0.0800. The van der Waals surface area contributed by atoms with Crippen LogP contribution in [0, 0.1) is 5.92 Å². The van der Waals surface area contributed by atoms with Gasteiger partial charge in [-0.15, -0.1) is 0 Å². The molecule has 0 saturated heterocycles. The number of methoxy groups -OCH3 is 1. The van der Waals surface area contributed by atoms with Crippen LogP contribution in [0.15, 0.2) is 0 Å². The van der Waals surface area contributed by atoms with Crippen molar-refractivity contribution in [2.45, 2.75) is 46.1 Å². The zero-order chi connectivity index (χ0) is 10.1. The summed E-state index contributed by atoms with van der Waals surface area (Å²) in [5, 5.41) is 3.54. The van der Waals surface area contributed by atoms with Crippen LogP contribution in [0.2, 0.25) is 0 Å². The predicted octanol–water partition coefficient (Wildman–Crippen LogP) is 2.44. The van der Waals surface area contributed by atoms with Crippen molar-refractivity contribution in [3.63, 3.8) is 0 Å². The Balaban J connectivity index is 3.88. The fraction of sp³-hybridized carbons (Fsp3) is 1.00. The van der Waals surface area contributed by atoms with Crippen LogP contribution in [-0.4, -0.2) is 26.3 Å². The lowest BCUT2D eigenvalue weighted by molar-refractivity contribution is 0.168. The maximum absolute atomic E-state index is 5.12. The van der Waals surface area contributed by atoms with Gasteiger partial charge < -0.3 is 10.1 Å². The van der Waals surface area contributed by atoms with Gasteiger partial charge >= 0.3 is 0 Å². The molecule has 0 aromatic rings. The molecule has 1 N–H and O–H groups in total. The highest BCUT2D eigenvalue weighted by Gasteiger charge is 2.16. The van der Waals surface area contributed by atoms with Gasteiger partial charge in [0.2, 0.25) is 0 Å². The summed E-state index contributed by atoms with van der Waals surface area (Å²) < 4.78 is 5.12. The SMILES string of the molecule is CCNC(CCOC)C(CC)CC. The first-order valence-corrected chi connectivity index (χ1v) is 5.52. The molecule has 0 aliphatic heterocycles. The third kappa shape index (κ3) is 5.27. The molecule has 80 valence electrons. The zero-order valence-corrected chi connectivity index (χ0v) is 9.60. The van der Waals surface area contributed by atoms with Crippen LogP contribution < -0.4 is 5.32 Å². The molecule has 1 atom stereocenters. The van der Waals surface area contributed by atoms with Crippen molar-refractivity contribution < 1.29 is 4.74 Å². The van der Waals surface area contributed by atoms with E-state index in [9.17, 15) is 0 Å². The third-order valence-corrected chi connectivity index (χ3v) is 2.72. The minimum absolute atomic E-state index is 0.639. The average Bonchev–Trinajstić information content (AvgIpc) is 2.16. The van der Waals surface area contributed by atoms with Crippen molar-refractivity contribution >= 4 is 0 Å². The summed E-state index contributed by atoms with van der Waals surface area (Å²) in [5.74, 6) is 0.801. The standard InChI is InChI=1S/C11H25NO/c1-5-10(6-2)11(12-7-3)8-9-13-4/h10-12H,5-9H2,1-4H3. The molecule has 0 spiro atoms. The molecule has 0 fully saturated rings. The number of nitrogens with one attached hydrogen (secondary N) is 1. The molecule has 13 heavy (non-hydrogen) atoms. The summed E-state index contributed by atoms with van der Waals surface area (Å²) in [6.07, 6.45) is 3.66. The largest absolute Gasteiger partial charge is 0.385 e. The van der Waals surface area contributed by atoms with Gasteiger partial charge in [-0.3, -0.25) is 0 Å². The summed E-state index contributed by atoms with van der Waals surface area (Å²) in [4.78, 5) is 0. The van der Waals surface area contributed by atoms with Crippen LogP contribution in [0.3, 0.4) is 0 Å². The maximum Gasteiger partial charge on any atom is 0.0477 e. The van der Waals surface area contributed by atoms with E-state index in [1.165, 1.54) is 12.8 Å². The molecule has 0 heterocycles. The summed E-state index contributed by atoms with van der Waals surface area (Å²) in [6.45, 7) is 8.64. The van der Waals surface area contributed by atoms with Gasteiger partial charge in [-0.25, -0.2) is 0 Å². The quantitative estimate of drug-likeness (QED) is 0.630. The van der Waals surface area contributed by atoms with E-state index in [2.05, 4.69) is 26.1 Å². The second-order valence-electron chi connectivity index (χ2n) is 3.52. The van der Waals surface area contributed by atoms with E-state index >= 15 is 0 Å². The van der Waals surface area contributed by atoms with Gasteiger partial charge in [-0.05, 0) is 18.9 Å². The minimum atomic E-state index is 0.639. The Kier molecular flexibility index (Phi) is 8.46. The lowest BCUT2D eigenvalue weighted by Crippen LogP contribution is -2.36. The molecule has 0 aromatic heterocycles. The summed E-state index contributed by atoms with van der Waals surface area (Å²) in [6, 6.07) is 0.639. The fourth-order valence-corrected chi connectivity index (χ4v) is 1.87. The van der Waals surface area contributed by atoms with Gasteiger partial charge in [-0.1, -0.05) is 33.6 Å². The lowest BCUT2D eigenvalue weighted by atomic mass is 9.92. The van der Waals surface area contributed by atoms with Gasteiger partial charge in [0.05, 0.1) is 0 Å². The minimum Gasteiger partial charge on any atom is -0.385 e. The van der Waals surface area contributed by atoms with Crippen molar-refractivity contribution in [2.75, 3.05) is 20.3 Å². The first-order chi connectivity index (χ1) is 6.29. The lowest BCUT2D eigenvalue weighted by Gasteiger charge is -2.25. The van der Waals surface area contributed by atoms with E-state index in [-0.39, 0.29) is 0 Å². The van der Waals surface area contributed by atoms with E-state index in [1.807, 2.05) is 0 Å². The Morgan fingerprint density at radius 1 is 1.15 bits per heavy atom. The van der Waals surface area contributed by atoms with Crippen LogP contribution in [-0.2, 0) is 4.74 Å². The van der Waals surface area contributed by atoms with Crippen LogP contribution in [0.1, 0.15) is 40.0 Å². The normalized spacial score (nSPS) is 13.6. The zero-order valence-electron chi connectivity index (χ0n) is 9.60. The van der Waals surface area contributed by atoms with Gasteiger partial charge in [0, 0.05) is 19.8 Å². The Labute approximate surface area is 83.1 Å². The highest BCUT2D eigenvalue weighted by molar-refractivity contribution is 4.73.